The van der Waals surface area contributed by atoms with E-state index in [1.807, 2.05) is 27.7 Å². The van der Waals surface area contributed by atoms with Crippen LogP contribution in [0.15, 0.2) is 0 Å². The number of amides is 1. The van der Waals surface area contributed by atoms with Gasteiger partial charge in [-0.15, -0.1) is 21.5 Å². The molecule has 1 amide bonds. The summed E-state index contributed by atoms with van der Waals surface area (Å²) in [5, 5.41) is 20.1. The van der Waals surface area contributed by atoms with Gasteiger partial charge in [-0.25, -0.2) is 4.79 Å². The maximum atomic E-state index is 12.0. The third-order valence-electron chi connectivity index (χ3n) is 3.04. The van der Waals surface area contributed by atoms with Crippen molar-refractivity contribution in [3.63, 3.8) is 0 Å². The van der Waals surface area contributed by atoms with E-state index in [0.29, 0.717) is 6.54 Å². The molecule has 7 heteroatoms. The minimum atomic E-state index is -0.611. The molecule has 0 unspecified atom stereocenters. The van der Waals surface area contributed by atoms with Gasteiger partial charge in [-0.05, 0) is 27.2 Å². The molecule has 0 aliphatic carbocycles. The number of nitrogens with zero attached hydrogens (tertiary/aromatic N) is 3. The highest BCUT2D eigenvalue weighted by molar-refractivity contribution is 7.11. The fraction of sp³-hybridized carbons (Fsp3) is 0.769. The number of rotatable bonds is 2. The van der Waals surface area contributed by atoms with Gasteiger partial charge in [0.2, 0.25) is 0 Å². The lowest BCUT2D eigenvalue weighted by Gasteiger charge is -2.24. The second-order valence-electron chi connectivity index (χ2n) is 5.95. The standard InChI is InChI=1S/C13H21N3O3S/c1-5-10-14-15-11(20-10)8-6-16(7-9(8)17)12(18)19-13(2,3)4/h8-9,17H,5-7H2,1-4H3/t8-,9-/m1/s1. The molecule has 1 fully saturated rings. The Labute approximate surface area is 122 Å². The fourth-order valence-electron chi connectivity index (χ4n) is 2.06. The van der Waals surface area contributed by atoms with Crippen molar-refractivity contribution in [3.05, 3.63) is 10.0 Å². The van der Waals surface area contributed by atoms with Crippen molar-refractivity contribution in [2.75, 3.05) is 13.1 Å². The Morgan fingerprint density at radius 3 is 2.70 bits per heavy atom. The van der Waals surface area contributed by atoms with Gasteiger partial charge in [-0.3, -0.25) is 0 Å². The van der Waals surface area contributed by atoms with Crippen LogP contribution in [0.5, 0.6) is 0 Å². The van der Waals surface area contributed by atoms with Crippen molar-refractivity contribution in [1.29, 1.82) is 0 Å². The average Bonchev–Trinajstić information content (AvgIpc) is 2.92. The molecular formula is C13H21N3O3S. The van der Waals surface area contributed by atoms with Crippen LogP contribution in [0.25, 0.3) is 0 Å². The Hall–Kier alpha value is -1.21. The van der Waals surface area contributed by atoms with Crippen molar-refractivity contribution < 1.29 is 14.6 Å². The number of aliphatic hydroxyl groups is 1. The van der Waals surface area contributed by atoms with Crippen LogP contribution in [0.1, 0.15) is 43.6 Å². The van der Waals surface area contributed by atoms with Gasteiger partial charge in [0.15, 0.2) is 0 Å². The van der Waals surface area contributed by atoms with E-state index >= 15 is 0 Å². The predicted octanol–water partition coefficient (Wildman–Crippen LogP) is 1.80. The molecule has 1 aromatic rings. The first-order chi connectivity index (χ1) is 9.30. The Balaban J connectivity index is 2.03. The summed E-state index contributed by atoms with van der Waals surface area (Å²) in [7, 11) is 0. The van der Waals surface area contributed by atoms with Gasteiger partial charge in [0, 0.05) is 6.54 Å². The Morgan fingerprint density at radius 1 is 1.45 bits per heavy atom. The highest BCUT2D eigenvalue weighted by Crippen LogP contribution is 2.30. The minimum absolute atomic E-state index is 0.166. The number of aliphatic hydroxyl groups excluding tert-OH is 1. The fourth-order valence-corrected chi connectivity index (χ4v) is 3.00. The largest absolute Gasteiger partial charge is 0.444 e. The van der Waals surface area contributed by atoms with Gasteiger partial charge in [0.05, 0.1) is 18.6 Å². The van der Waals surface area contributed by atoms with Crippen LogP contribution in [0.3, 0.4) is 0 Å². The molecule has 20 heavy (non-hydrogen) atoms. The molecule has 2 atom stereocenters. The zero-order valence-electron chi connectivity index (χ0n) is 12.3. The molecule has 6 nitrogen and oxygen atoms in total. The molecule has 1 aromatic heterocycles. The van der Waals surface area contributed by atoms with Gasteiger partial charge in [0.1, 0.15) is 15.6 Å². The molecule has 0 radical (unpaired) electrons. The lowest BCUT2D eigenvalue weighted by atomic mass is 10.1. The normalized spacial score (nSPS) is 23.1. The number of ether oxygens (including phenoxy) is 1. The van der Waals surface area contributed by atoms with Crippen LogP contribution in [0.2, 0.25) is 0 Å². The molecule has 0 bridgehead atoms. The third-order valence-corrected chi connectivity index (χ3v) is 4.24. The molecule has 2 rings (SSSR count). The molecule has 0 saturated carbocycles. The zero-order chi connectivity index (χ0) is 14.9. The molecule has 1 aliphatic rings. The SMILES string of the molecule is CCc1nnc([C@@H]2CN(C(=O)OC(C)(C)C)C[C@H]2O)s1. The second-order valence-corrected chi connectivity index (χ2v) is 7.04. The van der Waals surface area contributed by atoms with Crippen molar-refractivity contribution in [3.8, 4) is 0 Å². The topological polar surface area (TPSA) is 75.6 Å². The van der Waals surface area contributed by atoms with E-state index in [1.54, 1.807) is 0 Å². The number of β-amino-alcohol motifs (C(OH)–C–C–N with tert-alkyl or cyclic N) is 1. The summed E-state index contributed by atoms with van der Waals surface area (Å²) in [4.78, 5) is 13.5. The quantitative estimate of drug-likeness (QED) is 0.901. The smallest absolute Gasteiger partial charge is 0.410 e. The van der Waals surface area contributed by atoms with Crippen LogP contribution >= 0.6 is 11.3 Å². The van der Waals surface area contributed by atoms with Crippen molar-refractivity contribution >= 4 is 17.4 Å². The number of carbonyl (C=O) groups excluding carboxylic acids is 1. The molecule has 1 N–H and O–H groups in total. The van der Waals surface area contributed by atoms with Gasteiger partial charge >= 0.3 is 6.09 Å². The monoisotopic (exact) mass is 299 g/mol. The number of aromatic nitrogens is 2. The van der Waals surface area contributed by atoms with E-state index < -0.39 is 11.7 Å². The van der Waals surface area contributed by atoms with Gasteiger partial charge in [-0.2, -0.15) is 0 Å². The average molecular weight is 299 g/mol. The van der Waals surface area contributed by atoms with E-state index in [0.717, 1.165) is 16.4 Å². The summed E-state index contributed by atoms with van der Waals surface area (Å²) in [5.41, 5.74) is -0.530. The number of likely N-dealkylation sites (tertiary alicyclic amines) is 1. The zero-order valence-corrected chi connectivity index (χ0v) is 13.1. The van der Waals surface area contributed by atoms with Crippen LogP contribution in [-0.4, -0.2) is 51.1 Å². The first-order valence-electron chi connectivity index (χ1n) is 6.78. The maximum Gasteiger partial charge on any atom is 0.410 e. The molecule has 0 aromatic carbocycles. The lowest BCUT2D eigenvalue weighted by Crippen LogP contribution is -2.35. The van der Waals surface area contributed by atoms with Crippen molar-refractivity contribution in [2.45, 2.75) is 51.7 Å². The number of hydrogen-bond acceptors (Lipinski definition) is 6. The van der Waals surface area contributed by atoms with E-state index in [1.165, 1.54) is 16.2 Å². The van der Waals surface area contributed by atoms with E-state index in [2.05, 4.69) is 10.2 Å². The molecule has 112 valence electrons. The number of carbonyl (C=O) groups is 1. The Kier molecular flexibility index (Phi) is 4.29. The highest BCUT2D eigenvalue weighted by Gasteiger charge is 2.38. The maximum absolute atomic E-state index is 12.0. The molecule has 0 spiro atoms. The molecule has 1 saturated heterocycles. The first kappa shape index (κ1) is 15.2. The minimum Gasteiger partial charge on any atom is -0.444 e. The summed E-state index contributed by atoms with van der Waals surface area (Å²) in [6, 6.07) is 0. The van der Waals surface area contributed by atoms with Crippen molar-refractivity contribution in [2.24, 2.45) is 0 Å². The van der Waals surface area contributed by atoms with E-state index in [4.69, 9.17) is 4.74 Å². The Bertz CT molecular complexity index is 483. The van der Waals surface area contributed by atoms with Crippen LogP contribution < -0.4 is 0 Å². The summed E-state index contributed by atoms with van der Waals surface area (Å²) in [6.45, 7) is 8.20. The second kappa shape index (κ2) is 5.65. The predicted molar refractivity (Wildman–Crippen MR) is 75.8 cm³/mol. The van der Waals surface area contributed by atoms with Crippen LogP contribution in [0.4, 0.5) is 4.79 Å². The highest BCUT2D eigenvalue weighted by atomic mass is 32.1. The first-order valence-corrected chi connectivity index (χ1v) is 7.60. The third kappa shape index (κ3) is 3.46. The van der Waals surface area contributed by atoms with Crippen molar-refractivity contribution in [1.82, 2.24) is 15.1 Å². The van der Waals surface area contributed by atoms with Crippen LogP contribution in [-0.2, 0) is 11.2 Å². The van der Waals surface area contributed by atoms with Gasteiger partial charge < -0.3 is 14.7 Å². The molecular weight excluding hydrogens is 278 g/mol. The summed E-state index contributed by atoms with van der Waals surface area (Å²) < 4.78 is 5.32. The summed E-state index contributed by atoms with van der Waals surface area (Å²) in [5.74, 6) is -0.166. The van der Waals surface area contributed by atoms with Gasteiger partial charge in [0.25, 0.3) is 0 Å². The summed E-state index contributed by atoms with van der Waals surface area (Å²) in [6.07, 6.45) is -0.171. The number of hydrogen-bond donors (Lipinski definition) is 1. The lowest BCUT2D eigenvalue weighted by molar-refractivity contribution is 0.0270. The van der Waals surface area contributed by atoms with Crippen LogP contribution in [0, 0.1) is 0 Å². The summed E-state index contributed by atoms with van der Waals surface area (Å²) >= 11 is 1.50. The Morgan fingerprint density at radius 2 is 2.15 bits per heavy atom. The molecule has 2 heterocycles. The number of aryl methyl sites for hydroxylation is 1. The van der Waals surface area contributed by atoms with E-state index in [-0.39, 0.29) is 18.6 Å². The van der Waals surface area contributed by atoms with E-state index in [9.17, 15) is 9.90 Å². The molecule has 1 aliphatic heterocycles. The van der Waals surface area contributed by atoms with Gasteiger partial charge in [-0.1, -0.05) is 6.92 Å².